The minimum atomic E-state index is -3.73. The zero-order valence-electron chi connectivity index (χ0n) is 11.2. The Bertz CT molecular complexity index is 732. The molecule has 0 fully saturated rings. The van der Waals surface area contributed by atoms with Gasteiger partial charge in [0.2, 0.25) is 0 Å². The molecule has 1 N–H and O–H groups in total. The Balaban J connectivity index is 2.00. The molecule has 0 aliphatic carbocycles. The first-order chi connectivity index (χ1) is 10.5. The van der Waals surface area contributed by atoms with Crippen LogP contribution < -0.4 is 9.57 Å². The summed E-state index contributed by atoms with van der Waals surface area (Å²) in [5.74, 6) is 0.0111. The van der Waals surface area contributed by atoms with Gasteiger partial charge in [0.15, 0.2) is 0 Å². The predicted molar refractivity (Wildman–Crippen MR) is 77.4 cm³/mol. The minimum absolute atomic E-state index is 0.0111. The van der Waals surface area contributed by atoms with Gasteiger partial charge in [0.25, 0.3) is 10.0 Å². The number of alkyl halides is 2. The van der Waals surface area contributed by atoms with Crippen LogP contribution in [0.25, 0.3) is 0 Å². The summed E-state index contributed by atoms with van der Waals surface area (Å²) in [6, 6.07) is 13.4. The SMILES string of the molecule is O=S(=O)(N/N=C\c1ccc(OC(F)F)cc1)c1ccccc1. The van der Waals surface area contributed by atoms with E-state index in [0.29, 0.717) is 5.56 Å². The summed E-state index contributed by atoms with van der Waals surface area (Å²) in [6.45, 7) is -2.89. The van der Waals surface area contributed by atoms with Gasteiger partial charge in [-0.25, -0.2) is 4.83 Å². The molecule has 0 atom stereocenters. The normalized spacial score (nSPS) is 11.8. The van der Waals surface area contributed by atoms with Crippen molar-refractivity contribution in [2.45, 2.75) is 11.5 Å². The number of ether oxygens (including phenoxy) is 1. The summed E-state index contributed by atoms with van der Waals surface area (Å²) in [7, 11) is -3.73. The van der Waals surface area contributed by atoms with E-state index in [-0.39, 0.29) is 10.6 Å². The third kappa shape index (κ3) is 4.52. The van der Waals surface area contributed by atoms with Crippen LogP contribution >= 0.6 is 0 Å². The quantitative estimate of drug-likeness (QED) is 0.655. The van der Waals surface area contributed by atoms with Crippen LogP contribution in [-0.2, 0) is 10.0 Å². The van der Waals surface area contributed by atoms with Gasteiger partial charge in [0, 0.05) is 0 Å². The molecule has 22 heavy (non-hydrogen) atoms. The molecule has 0 bridgehead atoms. The molecule has 116 valence electrons. The van der Waals surface area contributed by atoms with E-state index >= 15 is 0 Å². The maximum atomic E-state index is 12.0. The highest BCUT2D eigenvalue weighted by molar-refractivity contribution is 7.89. The number of rotatable bonds is 6. The molecule has 2 aromatic rings. The number of nitrogens with zero attached hydrogens (tertiary/aromatic N) is 1. The third-order valence-electron chi connectivity index (χ3n) is 2.55. The van der Waals surface area contributed by atoms with E-state index in [4.69, 9.17) is 0 Å². The fourth-order valence-electron chi connectivity index (χ4n) is 1.56. The number of hydrogen-bond acceptors (Lipinski definition) is 4. The van der Waals surface area contributed by atoms with Crippen LogP contribution in [0.5, 0.6) is 5.75 Å². The Morgan fingerprint density at radius 1 is 1.05 bits per heavy atom. The van der Waals surface area contributed by atoms with Crippen LogP contribution in [0.15, 0.2) is 64.6 Å². The molecular formula is C14H12F2N2O3S. The van der Waals surface area contributed by atoms with Crippen molar-refractivity contribution in [2.75, 3.05) is 0 Å². The molecule has 0 spiro atoms. The number of sulfonamides is 1. The molecule has 0 heterocycles. The molecule has 0 saturated carbocycles. The second-order valence-electron chi connectivity index (χ2n) is 4.11. The molecule has 2 rings (SSSR count). The lowest BCUT2D eigenvalue weighted by Gasteiger charge is -2.04. The Morgan fingerprint density at radius 2 is 1.68 bits per heavy atom. The van der Waals surface area contributed by atoms with Gasteiger partial charge >= 0.3 is 6.61 Å². The largest absolute Gasteiger partial charge is 0.435 e. The molecule has 0 aliphatic rings. The molecule has 2 aromatic carbocycles. The van der Waals surface area contributed by atoms with Gasteiger partial charge in [0.05, 0.1) is 11.1 Å². The average Bonchev–Trinajstić information content (AvgIpc) is 2.49. The fourth-order valence-corrected chi connectivity index (χ4v) is 2.37. The average molecular weight is 326 g/mol. The van der Waals surface area contributed by atoms with Gasteiger partial charge in [-0.05, 0) is 42.0 Å². The summed E-state index contributed by atoms with van der Waals surface area (Å²) in [6.07, 6.45) is 1.26. The summed E-state index contributed by atoms with van der Waals surface area (Å²) in [5, 5.41) is 3.63. The van der Waals surface area contributed by atoms with Crippen molar-refractivity contribution >= 4 is 16.2 Å². The van der Waals surface area contributed by atoms with E-state index < -0.39 is 16.6 Å². The maximum Gasteiger partial charge on any atom is 0.387 e. The number of nitrogens with one attached hydrogen (secondary N) is 1. The van der Waals surface area contributed by atoms with Gasteiger partial charge in [-0.1, -0.05) is 18.2 Å². The number of hydrazone groups is 1. The van der Waals surface area contributed by atoms with Crippen LogP contribution in [0.1, 0.15) is 5.56 Å². The van der Waals surface area contributed by atoms with Crippen LogP contribution in [0.2, 0.25) is 0 Å². The first-order valence-corrected chi connectivity index (χ1v) is 7.60. The Morgan fingerprint density at radius 3 is 2.27 bits per heavy atom. The van der Waals surface area contributed by atoms with Crippen molar-refractivity contribution in [3.05, 3.63) is 60.2 Å². The number of hydrogen-bond donors (Lipinski definition) is 1. The van der Waals surface area contributed by atoms with Crippen LogP contribution in [0, 0.1) is 0 Å². The molecule has 0 aliphatic heterocycles. The highest BCUT2D eigenvalue weighted by atomic mass is 32.2. The van der Waals surface area contributed by atoms with Gasteiger partial charge in [-0.15, -0.1) is 0 Å². The monoisotopic (exact) mass is 326 g/mol. The Labute approximate surface area is 126 Å². The predicted octanol–water partition coefficient (Wildman–Crippen LogP) is 2.60. The van der Waals surface area contributed by atoms with Crippen molar-refractivity contribution in [2.24, 2.45) is 5.10 Å². The van der Waals surface area contributed by atoms with E-state index in [2.05, 4.69) is 14.7 Å². The van der Waals surface area contributed by atoms with Gasteiger partial charge < -0.3 is 4.74 Å². The van der Waals surface area contributed by atoms with Crippen LogP contribution in [0.4, 0.5) is 8.78 Å². The molecule has 0 amide bonds. The van der Waals surface area contributed by atoms with Crippen molar-refractivity contribution in [3.8, 4) is 5.75 Å². The standard InChI is InChI=1S/C14H12F2N2O3S/c15-14(16)21-12-8-6-11(7-9-12)10-17-18-22(19,20)13-4-2-1-3-5-13/h1-10,14,18H/b17-10-. The second-order valence-corrected chi connectivity index (χ2v) is 5.77. The topological polar surface area (TPSA) is 67.8 Å². The number of benzene rings is 2. The van der Waals surface area contributed by atoms with Gasteiger partial charge in [-0.3, -0.25) is 0 Å². The second kappa shape index (κ2) is 6.99. The van der Waals surface area contributed by atoms with E-state index in [0.717, 1.165) is 0 Å². The van der Waals surface area contributed by atoms with Gasteiger partial charge in [-0.2, -0.15) is 22.3 Å². The van der Waals surface area contributed by atoms with E-state index in [9.17, 15) is 17.2 Å². The van der Waals surface area contributed by atoms with Crippen LogP contribution in [0.3, 0.4) is 0 Å². The lowest BCUT2D eigenvalue weighted by atomic mass is 10.2. The van der Waals surface area contributed by atoms with Crippen LogP contribution in [-0.4, -0.2) is 21.2 Å². The third-order valence-corrected chi connectivity index (χ3v) is 3.78. The van der Waals surface area contributed by atoms with Crippen molar-refractivity contribution in [1.82, 2.24) is 4.83 Å². The lowest BCUT2D eigenvalue weighted by molar-refractivity contribution is -0.0498. The van der Waals surface area contributed by atoms with E-state index in [1.807, 2.05) is 0 Å². The summed E-state index contributed by atoms with van der Waals surface area (Å²) < 4.78 is 51.9. The van der Waals surface area contributed by atoms with E-state index in [1.54, 1.807) is 18.2 Å². The van der Waals surface area contributed by atoms with Crippen molar-refractivity contribution < 1.29 is 21.9 Å². The molecule has 5 nitrogen and oxygen atoms in total. The summed E-state index contributed by atoms with van der Waals surface area (Å²) >= 11 is 0. The first-order valence-electron chi connectivity index (χ1n) is 6.12. The fraction of sp³-hybridized carbons (Fsp3) is 0.0714. The minimum Gasteiger partial charge on any atom is -0.435 e. The highest BCUT2D eigenvalue weighted by Crippen LogP contribution is 2.14. The molecule has 0 saturated heterocycles. The number of halogens is 2. The van der Waals surface area contributed by atoms with Crippen molar-refractivity contribution in [3.63, 3.8) is 0 Å². The zero-order chi connectivity index (χ0) is 16.0. The van der Waals surface area contributed by atoms with Gasteiger partial charge in [0.1, 0.15) is 5.75 Å². The molecule has 0 unspecified atom stereocenters. The summed E-state index contributed by atoms with van der Waals surface area (Å²) in [4.78, 5) is 2.15. The molecular weight excluding hydrogens is 314 g/mol. The highest BCUT2D eigenvalue weighted by Gasteiger charge is 2.11. The smallest absolute Gasteiger partial charge is 0.387 e. The zero-order valence-corrected chi connectivity index (χ0v) is 12.0. The molecule has 0 aromatic heterocycles. The molecule has 0 radical (unpaired) electrons. The first kappa shape index (κ1) is 15.9. The Hall–Kier alpha value is -2.48. The Kier molecular flexibility index (Phi) is 5.05. The van der Waals surface area contributed by atoms with E-state index in [1.165, 1.54) is 42.6 Å². The summed E-state index contributed by atoms with van der Waals surface area (Å²) in [5.41, 5.74) is 0.525. The lowest BCUT2D eigenvalue weighted by Crippen LogP contribution is -2.18. The maximum absolute atomic E-state index is 12.0. The molecule has 8 heteroatoms. The van der Waals surface area contributed by atoms with Crippen molar-refractivity contribution in [1.29, 1.82) is 0 Å².